The Morgan fingerprint density at radius 3 is 1.13 bits per heavy atom. The quantitative estimate of drug-likeness (QED) is 0.0201. The topological polar surface area (TPSA) is 78.9 Å². The first-order chi connectivity index (χ1) is 31.0. The van der Waals surface area contributed by atoms with E-state index in [-0.39, 0.29) is 32.0 Å². The predicted octanol–water partition coefficient (Wildman–Crippen LogP) is 15.9. The highest BCUT2D eigenvalue weighted by Crippen LogP contribution is 2.10. The van der Waals surface area contributed by atoms with E-state index in [1.54, 1.807) is 0 Å². The summed E-state index contributed by atoms with van der Waals surface area (Å²) in [6.45, 7) is 6.09. The Kier molecular flexibility index (Phi) is 45.8. The molecule has 348 valence electrons. The molecule has 0 amide bonds. The second-order valence-corrected chi connectivity index (χ2v) is 14.9. The zero-order valence-corrected chi connectivity index (χ0v) is 39.5. The molecular formula is C57H84O6. The van der Waals surface area contributed by atoms with Crippen molar-refractivity contribution in [3.63, 3.8) is 0 Å². The molecule has 0 saturated carbocycles. The van der Waals surface area contributed by atoms with Crippen molar-refractivity contribution in [3.8, 4) is 0 Å². The number of hydrogen-bond acceptors (Lipinski definition) is 6. The Hall–Kier alpha value is -4.97. The van der Waals surface area contributed by atoms with Crippen molar-refractivity contribution in [1.29, 1.82) is 0 Å². The van der Waals surface area contributed by atoms with Gasteiger partial charge in [0.05, 0.1) is 0 Å². The lowest BCUT2D eigenvalue weighted by Crippen LogP contribution is -2.30. The summed E-state index contributed by atoms with van der Waals surface area (Å²) in [4.78, 5) is 37.8. The number of carbonyl (C=O) groups excluding carboxylic acids is 3. The third-order valence-corrected chi connectivity index (χ3v) is 9.10. The molecule has 0 rings (SSSR count). The van der Waals surface area contributed by atoms with Gasteiger partial charge in [-0.25, -0.2) is 0 Å². The highest BCUT2D eigenvalue weighted by Gasteiger charge is 2.19. The molecule has 0 saturated heterocycles. The monoisotopic (exact) mass is 865 g/mol. The van der Waals surface area contributed by atoms with Crippen LogP contribution in [-0.4, -0.2) is 37.2 Å². The molecule has 0 aliphatic heterocycles. The average molecular weight is 865 g/mol. The molecule has 6 heteroatoms. The van der Waals surface area contributed by atoms with Crippen molar-refractivity contribution < 1.29 is 28.6 Å². The van der Waals surface area contributed by atoms with Crippen LogP contribution >= 0.6 is 0 Å². The van der Waals surface area contributed by atoms with Crippen LogP contribution in [0.4, 0.5) is 0 Å². The van der Waals surface area contributed by atoms with Gasteiger partial charge in [0.2, 0.25) is 0 Å². The van der Waals surface area contributed by atoms with Gasteiger partial charge in [0.1, 0.15) is 13.2 Å². The summed E-state index contributed by atoms with van der Waals surface area (Å²) in [6.07, 6.45) is 72.5. The van der Waals surface area contributed by atoms with Gasteiger partial charge in [-0.3, -0.25) is 14.4 Å². The lowest BCUT2D eigenvalue weighted by molar-refractivity contribution is -0.166. The molecule has 0 bridgehead atoms. The molecule has 0 aromatic rings. The maximum Gasteiger partial charge on any atom is 0.306 e. The first-order valence-corrected chi connectivity index (χ1v) is 24.0. The molecular weight excluding hydrogens is 781 g/mol. The molecule has 1 unspecified atom stereocenters. The molecule has 0 aliphatic rings. The van der Waals surface area contributed by atoms with Crippen LogP contribution in [0.15, 0.2) is 158 Å². The van der Waals surface area contributed by atoms with Crippen LogP contribution in [0.25, 0.3) is 0 Å². The number of rotatable bonds is 40. The van der Waals surface area contributed by atoms with E-state index < -0.39 is 18.0 Å². The summed E-state index contributed by atoms with van der Waals surface area (Å²) in [5.41, 5.74) is 0. The normalized spacial score (nSPS) is 13.5. The largest absolute Gasteiger partial charge is 0.462 e. The minimum absolute atomic E-state index is 0.149. The van der Waals surface area contributed by atoms with Gasteiger partial charge in [0.15, 0.2) is 6.10 Å². The number of allylic oxidation sites excluding steroid dienone is 26. The highest BCUT2D eigenvalue weighted by molar-refractivity contribution is 5.71. The van der Waals surface area contributed by atoms with Crippen molar-refractivity contribution in [3.05, 3.63) is 158 Å². The minimum atomic E-state index is -0.863. The molecule has 0 heterocycles. The Morgan fingerprint density at radius 1 is 0.333 bits per heavy atom. The van der Waals surface area contributed by atoms with Crippen LogP contribution < -0.4 is 0 Å². The third kappa shape index (κ3) is 47.9. The van der Waals surface area contributed by atoms with E-state index in [1.165, 1.54) is 0 Å². The van der Waals surface area contributed by atoms with Crippen molar-refractivity contribution >= 4 is 17.9 Å². The maximum atomic E-state index is 12.7. The number of unbranched alkanes of at least 4 members (excludes halogenated alkanes) is 5. The van der Waals surface area contributed by atoms with Crippen LogP contribution in [-0.2, 0) is 28.6 Å². The molecule has 0 radical (unpaired) electrons. The van der Waals surface area contributed by atoms with Crippen LogP contribution in [0.3, 0.4) is 0 Å². The van der Waals surface area contributed by atoms with E-state index in [0.717, 1.165) is 109 Å². The van der Waals surface area contributed by atoms with E-state index >= 15 is 0 Å². The molecule has 0 aliphatic carbocycles. The zero-order chi connectivity index (χ0) is 45.8. The Balaban J connectivity index is 4.68. The lowest BCUT2D eigenvalue weighted by Gasteiger charge is -2.18. The Labute approximate surface area is 384 Å². The van der Waals surface area contributed by atoms with Gasteiger partial charge < -0.3 is 14.2 Å². The van der Waals surface area contributed by atoms with Gasteiger partial charge in [0, 0.05) is 19.3 Å². The summed E-state index contributed by atoms with van der Waals surface area (Å²) in [6, 6.07) is 0. The SMILES string of the molecule is CC\C=C/C=C\C=C/CCCCCCCC(=O)OCC(COC(=O)CC/C=C\C/C=C\C/C=C\C/C=C\C/C=C\CC)OC(=O)CC/C=C\C/C=C\C/C=C\C/C=C\C/C=C\CC. The summed E-state index contributed by atoms with van der Waals surface area (Å²) >= 11 is 0. The van der Waals surface area contributed by atoms with E-state index in [4.69, 9.17) is 14.2 Å². The van der Waals surface area contributed by atoms with Crippen molar-refractivity contribution in [1.82, 2.24) is 0 Å². The van der Waals surface area contributed by atoms with Crippen molar-refractivity contribution in [2.24, 2.45) is 0 Å². The fraction of sp³-hybridized carbons (Fsp3) is 0.491. The molecule has 1 atom stereocenters. The Morgan fingerprint density at radius 2 is 0.683 bits per heavy atom. The second kappa shape index (κ2) is 49.7. The standard InChI is InChI=1S/C57H84O6/c1-4-7-10-13-16-19-22-25-27-29-32-35-38-41-44-47-50-56(59)62-53-54(52-61-55(58)49-46-43-40-37-34-31-24-21-18-15-12-9-6-3)63-57(60)51-48-45-42-39-36-33-30-28-26-23-20-17-14-11-8-5-2/h7-12,15-21,24-28,32-33,35-36,41-42,44-45,54H,4-6,13-14,22-23,29-31,34,37-40,43,46-53H2,1-3H3/b10-7-,11-8-,12-9-,18-15-,19-16-,20-17-,24-21-,27-25-,28-26-,35-32-,36-33-,44-41-,45-42-. The number of esters is 3. The summed E-state index contributed by atoms with van der Waals surface area (Å²) in [5.74, 6) is -1.16. The summed E-state index contributed by atoms with van der Waals surface area (Å²) in [5, 5.41) is 0. The molecule has 6 nitrogen and oxygen atoms in total. The number of ether oxygens (including phenoxy) is 3. The van der Waals surface area contributed by atoms with Crippen LogP contribution in [0.1, 0.15) is 162 Å². The predicted molar refractivity (Wildman–Crippen MR) is 269 cm³/mol. The van der Waals surface area contributed by atoms with Gasteiger partial charge in [-0.15, -0.1) is 0 Å². The third-order valence-electron chi connectivity index (χ3n) is 9.10. The minimum Gasteiger partial charge on any atom is -0.462 e. The van der Waals surface area contributed by atoms with E-state index in [9.17, 15) is 14.4 Å². The van der Waals surface area contributed by atoms with Gasteiger partial charge in [-0.1, -0.05) is 198 Å². The molecule has 0 aromatic carbocycles. The Bertz CT molecular complexity index is 1510. The van der Waals surface area contributed by atoms with Gasteiger partial charge in [-0.2, -0.15) is 0 Å². The van der Waals surface area contributed by atoms with Crippen LogP contribution in [0.2, 0.25) is 0 Å². The second-order valence-electron chi connectivity index (χ2n) is 14.9. The van der Waals surface area contributed by atoms with E-state index in [1.807, 2.05) is 30.4 Å². The molecule has 63 heavy (non-hydrogen) atoms. The fourth-order valence-electron chi connectivity index (χ4n) is 5.60. The van der Waals surface area contributed by atoms with Gasteiger partial charge >= 0.3 is 17.9 Å². The zero-order valence-electron chi connectivity index (χ0n) is 39.5. The summed E-state index contributed by atoms with van der Waals surface area (Å²) in [7, 11) is 0. The molecule has 0 spiro atoms. The van der Waals surface area contributed by atoms with Gasteiger partial charge in [-0.05, 0) is 103 Å². The first kappa shape index (κ1) is 58.0. The first-order valence-electron chi connectivity index (χ1n) is 24.0. The van der Waals surface area contributed by atoms with E-state index in [0.29, 0.717) is 19.3 Å². The molecule has 0 fully saturated rings. The number of carbonyl (C=O) groups is 3. The molecule has 0 aromatic heterocycles. The van der Waals surface area contributed by atoms with Crippen molar-refractivity contribution in [2.45, 2.75) is 168 Å². The summed E-state index contributed by atoms with van der Waals surface area (Å²) < 4.78 is 16.6. The van der Waals surface area contributed by atoms with Gasteiger partial charge in [0.25, 0.3) is 0 Å². The maximum absolute atomic E-state index is 12.7. The van der Waals surface area contributed by atoms with Crippen molar-refractivity contribution in [2.75, 3.05) is 13.2 Å². The fourth-order valence-corrected chi connectivity index (χ4v) is 5.60. The number of hydrogen-bond donors (Lipinski definition) is 0. The smallest absolute Gasteiger partial charge is 0.306 e. The van der Waals surface area contributed by atoms with Crippen LogP contribution in [0, 0.1) is 0 Å². The highest BCUT2D eigenvalue weighted by atomic mass is 16.6. The average Bonchev–Trinajstić information content (AvgIpc) is 3.28. The lowest BCUT2D eigenvalue weighted by atomic mass is 10.1. The van der Waals surface area contributed by atoms with E-state index in [2.05, 4.69) is 148 Å². The molecule has 0 N–H and O–H groups in total. The van der Waals surface area contributed by atoms with Crippen LogP contribution in [0.5, 0.6) is 0 Å².